The summed E-state index contributed by atoms with van der Waals surface area (Å²) in [4.78, 5) is 0.139. The van der Waals surface area contributed by atoms with Crippen LogP contribution in [-0.4, -0.2) is 41.1 Å². The molecule has 0 saturated carbocycles. The molecule has 1 saturated heterocycles. The van der Waals surface area contributed by atoms with E-state index in [4.69, 9.17) is 0 Å². The first-order valence-corrected chi connectivity index (χ1v) is 8.37. The minimum atomic E-state index is -3.59. The van der Waals surface area contributed by atoms with E-state index < -0.39 is 10.0 Å². The molecule has 0 atom stereocenters. The number of hydrogen-bond acceptors (Lipinski definition) is 4. The van der Waals surface area contributed by atoms with Crippen LogP contribution >= 0.6 is 0 Å². The Labute approximate surface area is 120 Å². The fourth-order valence-electron chi connectivity index (χ4n) is 2.69. The topological polar surface area (TPSA) is 86.3 Å². The van der Waals surface area contributed by atoms with Crippen molar-refractivity contribution in [2.24, 2.45) is 5.41 Å². The quantitative estimate of drug-likeness (QED) is 0.884. The van der Waals surface area contributed by atoms with Gasteiger partial charge in [-0.1, -0.05) is 13.8 Å². The maximum atomic E-state index is 12.8. The van der Waals surface area contributed by atoms with Crippen molar-refractivity contribution < 1.29 is 13.5 Å². The van der Waals surface area contributed by atoms with Crippen LogP contribution in [0, 0.1) is 12.3 Å². The molecule has 1 aliphatic heterocycles. The van der Waals surface area contributed by atoms with E-state index in [2.05, 4.69) is 24.0 Å². The van der Waals surface area contributed by atoms with Gasteiger partial charge in [-0.3, -0.25) is 5.10 Å². The van der Waals surface area contributed by atoms with Crippen LogP contribution in [0.25, 0.3) is 0 Å². The van der Waals surface area contributed by atoms with Crippen molar-refractivity contribution in [2.75, 3.05) is 13.1 Å². The monoisotopic (exact) mass is 301 g/mol. The molecule has 0 aliphatic carbocycles. The lowest BCUT2D eigenvalue weighted by atomic mass is 9.85. The first-order valence-electron chi connectivity index (χ1n) is 6.93. The highest BCUT2D eigenvalue weighted by molar-refractivity contribution is 7.89. The molecule has 1 aliphatic rings. The lowest BCUT2D eigenvalue weighted by Crippen LogP contribution is -2.33. The Morgan fingerprint density at radius 3 is 2.70 bits per heavy atom. The number of aliphatic hydroxyl groups is 1. The summed E-state index contributed by atoms with van der Waals surface area (Å²) >= 11 is 0. The summed E-state index contributed by atoms with van der Waals surface area (Å²) in [5.41, 5.74) is 0.860. The molecule has 7 heteroatoms. The molecule has 1 aromatic rings. The summed E-state index contributed by atoms with van der Waals surface area (Å²) in [5.74, 6) is 0. The van der Waals surface area contributed by atoms with Crippen molar-refractivity contribution in [3.05, 3.63) is 11.4 Å². The van der Waals surface area contributed by atoms with Gasteiger partial charge in [0, 0.05) is 13.1 Å². The Morgan fingerprint density at radius 2 is 2.05 bits per heavy atom. The van der Waals surface area contributed by atoms with Gasteiger partial charge >= 0.3 is 0 Å². The predicted octanol–water partition coefficient (Wildman–Crippen LogP) is 1.41. The molecule has 0 aromatic carbocycles. The van der Waals surface area contributed by atoms with Gasteiger partial charge in [0.15, 0.2) is 0 Å². The summed E-state index contributed by atoms with van der Waals surface area (Å²) in [5, 5.41) is 15.8. The average molecular weight is 301 g/mol. The highest BCUT2D eigenvalue weighted by atomic mass is 32.2. The number of sulfonamides is 1. The van der Waals surface area contributed by atoms with E-state index in [0.717, 1.165) is 19.3 Å². The lowest BCUT2D eigenvalue weighted by Gasteiger charge is -2.23. The standard InChI is InChI=1S/C13H23N3O3S/c1-10-12(11(9-17)15-14-10)20(18,19)16-7-4-5-13(2,3)6-8-16/h17H,4-9H2,1-3H3,(H,14,15). The van der Waals surface area contributed by atoms with Crippen LogP contribution in [-0.2, 0) is 16.6 Å². The zero-order valence-corrected chi connectivity index (χ0v) is 13.1. The average Bonchev–Trinajstić information content (AvgIpc) is 2.64. The van der Waals surface area contributed by atoms with Gasteiger partial charge in [0.2, 0.25) is 10.0 Å². The third-order valence-corrected chi connectivity index (χ3v) is 6.11. The lowest BCUT2D eigenvalue weighted by molar-refractivity contribution is 0.272. The zero-order chi connectivity index (χ0) is 15.0. The maximum absolute atomic E-state index is 12.8. The van der Waals surface area contributed by atoms with Crippen molar-refractivity contribution >= 4 is 10.0 Å². The van der Waals surface area contributed by atoms with Crippen molar-refractivity contribution in [2.45, 2.75) is 51.5 Å². The van der Waals surface area contributed by atoms with E-state index in [1.807, 2.05) is 0 Å². The van der Waals surface area contributed by atoms with Gasteiger partial charge in [-0.15, -0.1) is 0 Å². The van der Waals surface area contributed by atoms with E-state index >= 15 is 0 Å². The van der Waals surface area contributed by atoms with Gasteiger partial charge < -0.3 is 5.11 Å². The second kappa shape index (κ2) is 5.46. The molecule has 0 bridgehead atoms. The fraction of sp³-hybridized carbons (Fsp3) is 0.769. The van der Waals surface area contributed by atoms with E-state index in [1.165, 1.54) is 4.31 Å². The van der Waals surface area contributed by atoms with E-state index in [0.29, 0.717) is 18.8 Å². The smallest absolute Gasteiger partial charge is 0.246 e. The van der Waals surface area contributed by atoms with E-state index in [9.17, 15) is 13.5 Å². The first kappa shape index (κ1) is 15.5. The van der Waals surface area contributed by atoms with Gasteiger partial charge in [0.05, 0.1) is 12.3 Å². The minimum Gasteiger partial charge on any atom is -0.390 e. The zero-order valence-electron chi connectivity index (χ0n) is 12.3. The fourth-order valence-corrected chi connectivity index (χ4v) is 4.49. The van der Waals surface area contributed by atoms with Crippen LogP contribution in [0.5, 0.6) is 0 Å². The third-order valence-electron chi connectivity index (χ3n) is 4.01. The summed E-state index contributed by atoms with van der Waals surface area (Å²) in [7, 11) is -3.59. The molecule has 6 nitrogen and oxygen atoms in total. The molecule has 114 valence electrons. The van der Waals surface area contributed by atoms with Crippen molar-refractivity contribution in [1.29, 1.82) is 0 Å². The molecule has 2 N–H and O–H groups in total. The number of H-pyrrole nitrogens is 1. The van der Waals surface area contributed by atoms with Crippen molar-refractivity contribution in [3.8, 4) is 0 Å². The van der Waals surface area contributed by atoms with Gasteiger partial charge in [0.1, 0.15) is 10.6 Å². The maximum Gasteiger partial charge on any atom is 0.246 e. The van der Waals surface area contributed by atoms with Crippen LogP contribution in [0.4, 0.5) is 0 Å². The van der Waals surface area contributed by atoms with Gasteiger partial charge in [0.25, 0.3) is 0 Å². The Morgan fingerprint density at radius 1 is 1.35 bits per heavy atom. The first-order chi connectivity index (χ1) is 9.28. The minimum absolute atomic E-state index is 0.139. The van der Waals surface area contributed by atoms with Gasteiger partial charge in [-0.2, -0.15) is 9.40 Å². The highest BCUT2D eigenvalue weighted by Crippen LogP contribution is 2.32. The van der Waals surface area contributed by atoms with Crippen LogP contribution < -0.4 is 0 Å². The largest absolute Gasteiger partial charge is 0.390 e. The molecule has 0 unspecified atom stereocenters. The number of aliphatic hydroxyl groups excluding tert-OH is 1. The second-order valence-corrected chi connectivity index (χ2v) is 8.08. The molecule has 2 heterocycles. The summed E-state index contributed by atoms with van der Waals surface area (Å²) in [6, 6.07) is 0. The number of nitrogens with one attached hydrogen (secondary N) is 1. The number of hydrogen-bond donors (Lipinski definition) is 2. The van der Waals surface area contributed by atoms with Crippen LogP contribution in [0.2, 0.25) is 0 Å². The molecule has 0 radical (unpaired) electrons. The van der Waals surface area contributed by atoms with Gasteiger partial charge in [-0.05, 0) is 31.6 Å². The second-order valence-electron chi connectivity index (χ2n) is 6.20. The number of aryl methyl sites for hydroxylation is 1. The molecular weight excluding hydrogens is 278 g/mol. The Kier molecular flexibility index (Phi) is 4.22. The van der Waals surface area contributed by atoms with Crippen LogP contribution in [0.3, 0.4) is 0 Å². The highest BCUT2D eigenvalue weighted by Gasteiger charge is 2.33. The van der Waals surface area contributed by atoms with E-state index in [1.54, 1.807) is 6.92 Å². The number of aromatic nitrogens is 2. The molecule has 1 fully saturated rings. The molecule has 2 rings (SSSR count). The summed E-state index contributed by atoms with van der Waals surface area (Å²) in [6.07, 6.45) is 2.73. The molecular formula is C13H23N3O3S. The number of rotatable bonds is 3. The molecule has 20 heavy (non-hydrogen) atoms. The number of nitrogens with zero attached hydrogens (tertiary/aromatic N) is 2. The molecule has 0 amide bonds. The Balaban J connectivity index is 2.33. The SMILES string of the molecule is Cc1[nH]nc(CO)c1S(=O)(=O)N1CCCC(C)(C)CC1. The van der Waals surface area contributed by atoms with Crippen LogP contribution in [0.15, 0.2) is 4.90 Å². The summed E-state index contributed by atoms with van der Waals surface area (Å²) < 4.78 is 27.1. The van der Waals surface area contributed by atoms with E-state index in [-0.39, 0.29) is 22.6 Å². The molecule has 1 aromatic heterocycles. The van der Waals surface area contributed by atoms with Crippen molar-refractivity contribution in [1.82, 2.24) is 14.5 Å². The third kappa shape index (κ3) is 2.89. The summed E-state index contributed by atoms with van der Waals surface area (Å²) in [6.45, 7) is 6.68. The number of aromatic amines is 1. The van der Waals surface area contributed by atoms with Crippen LogP contribution in [0.1, 0.15) is 44.5 Å². The normalized spacial score (nSPS) is 20.8. The Hall–Kier alpha value is -0.920. The van der Waals surface area contributed by atoms with Gasteiger partial charge in [-0.25, -0.2) is 8.42 Å². The Bertz CT molecular complexity index is 578. The molecule has 0 spiro atoms. The predicted molar refractivity (Wildman–Crippen MR) is 75.6 cm³/mol. The van der Waals surface area contributed by atoms with Crippen molar-refractivity contribution in [3.63, 3.8) is 0 Å².